The van der Waals surface area contributed by atoms with Gasteiger partial charge < -0.3 is 5.32 Å². The monoisotopic (exact) mass is 313 g/mol. The number of carbonyl (C=O) groups is 1. The Morgan fingerprint density at radius 1 is 1.30 bits per heavy atom. The molecule has 1 N–H and O–H groups in total. The fraction of sp³-hybridized carbons (Fsp3) is 0.529. The Morgan fingerprint density at radius 2 is 2.04 bits per heavy atom. The van der Waals surface area contributed by atoms with Crippen molar-refractivity contribution in [1.82, 2.24) is 25.3 Å². The molecule has 0 spiro atoms. The number of pyridine rings is 1. The first-order valence-corrected chi connectivity index (χ1v) is 7.91. The van der Waals surface area contributed by atoms with E-state index in [1.54, 1.807) is 4.68 Å². The molecule has 122 valence electrons. The van der Waals surface area contributed by atoms with Crippen LogP contribution in [0.2, 0.25) is 0 Å². The van der Waals surface area contributed by atoms with Gasteiger partial charge in [-0.05, 0) is 36.8 Å². The van der Waals surface area contributed by atoms with Crippen LogP contribution < -0.4 is 5.32 Å². The second-order valence-electron chi connectivity index (χ2n) is 7.44. The molecule has 1 aliphatic heterocycles. The molecular formula is C17H23N5O. The van der Waals surface area contributed by atoms with Crippen molar-refractivity contribution in [3.05, 3.63) is 29.6 Å². The molecule has 1 fully saturated rings. The summed E-state index contributed by atoms with van der Waals surface area (Å²) in [6.45, 7) is 10.4. The van der Waals surface area contributed by atoms with Gasteiger partial charge in [0.05, 0.1) is 11.9 Å². The summed E-state index contributed by atoms with van der Waals surface area (Å²) in [5, 5.41) is 11.5. The highest BCUT2D eigenvalue weighted by atomic mass is 16.2. The number of rotatable bonds is 2. The summed E-state index contributed by atoms with van der Waals surface area (Å²) >= 11 is 0. The van der Waals surface area contributed by atoms with Gasteiger partial charge in [-0.25, -0.2) is 4.68 Å². The highest BCUT2D eigenvalue weighted by Crippen LogP contribution is 2.32. The minimum absolute atomic E-state index is 0.00922. The van der Waals surface area contributed by atoms with Crippen molar-refractivity contribution in [2.75, 3.05) is 0 Å². The average molecular weight is 313 g/mol. The van der Waals surface area contributed by atoms with E-state index in [1.165, 1.54) is 0 Å². The zero-order valence-corrected chi connectivity index (χ0v) is 14.3. The Kier molecular flexibility index (Phi) is 3.70. The zero-order chi connectivity index (χ0) is 16.8. The summed E-state index contributed by atoms with van der Waals surface area (Å²) < 4.78 is 1.66. The number of aromatic nitrogens is 4. The molecule has 2 unspecified atom stereocenters. The number of hydrogen-bond donors (Lipinski definition) is 1. The van der Waals surface area contributed by atoms with E-state index in [4.69, 9.17) is 0 Å². The molecule has 0 aromatic carbocycles. The van der Waals surface area contributed by atoms with Gasteiger partial charge in [0.2, 0.25) is 5.91 Å². The maximum absolute atomic E-state index is 12.3. The number of carbonyl (C=O) groups excluding carboxylic acids is 1. The minimum Gasteiger partial charge on any atom is -0.351 e. The molecule has 1 aliphatic rings. The van der Waals surface area contributed by atoms with Gasteiger partial charge in [-0.15, -0.1) is 5.10 Å². The average Bonchev–Trinajstić information content (AvgIpc) is 3.04. The zero-order valence-electron chi connectivity index (χ0n) is 14.3. The number of aryl methyl sites for hydroxylation is 2. The van der Waals surface area contributed by atoms with Gasteiger partial charge in [-0.2, -0.15) is 0 Å². The second kappa shape index (κ2) is 5.44. The molecular weight excluding hydrogens is 290 g/mol. The molecule has 6 heteroatoms. The Balaban J connectivity index is 1.86. The van der Waals surface area contributed by atoms with Crippen molar-refractivity contribution in [3.63, 3.8) is 0 Å². The Bertz CT molecular complexity index is 744. The van der Waals surface area contributed by atoms with Crippen LogP contribution in [0.3, 0.4) is 0 Å². The lowest BCUT2D eigenvalue weighted by molar-refractivity contribution is -0.122. The number of nitrogens with zero attached hydrogens (tertiary/aromatic N) is 4. The van der Waals surface area contributed by atoms with E-state index < -0.39 is 0 Å². The highest BCUT2D eigenvalue weighted by Gasteiger charge is 2.39. The normalized spacial score (nSPS) is 21.5. The lowest BCUT2D eigenvalue weighted by Gasteiger charge is -2.26. The minimum atomic E-state index is -0.300. The van der Waals surface area contributed by atoms with E-state index in [1.807, 2.05) is 26.2 Å². The molecule has 0 bridgehead atoms. The van der Waals surface area contributed by atoms with Gasteiger partial charge in [0.25, 0.3) is 0 Å². The van der Waals surface area contributed by atoms with Crippen molar-refractivity contribution in [2.24, 2.45) is 5.41 Å². The van der Waals surface area contributed by atoms with Crippen LogP contribution in [0.15, 0.2) is 18.5 Å². The fourth-order valence-corrected chi connectivity index (χ4v) is 2.98. The van der Waals surface area contributed by atoms with E-state index in [2.05, 4.69) is 47.5 Å². The SMILES string of the molecule is Cc1cnc(-c2cn(C3CC(C(C)(C)C)NC3=O)nn2)c(C)c1. The van der Waals surface area contributed by atoms with Crippen LogP contribution in [0.25, 0.3) is 11.4 Å². The summed E-state index contributed by atoms with van der Waals surface area (Å²) in [5.41, 5.74) is 3.72. The van der Waals surface area contributed by atoms with E-state index in [0.29, 0.717) is 5.69 Å². The van der Waals surface area contributed by atoms with Crippen LogP contribution in [0.5, 0.6) is 0 Å². The first-order valence-electron chi connectivity index (χ1n) is 7.91. The quantitative estimate of drug-likeness (QED) is 0.924. The van der Waals surface area contributed by atoms with Crippen LogP contribution in [0.1, 0.15) is 44.4 Å². The largest absolute Gasteiger partial charge is 0.351 e. The van der Waals surface area contributed by atoms with Crippen LogP contribution in [0.4, 0.5) is 0 Å². The Morgan fingerprint density at radius 3 is 2.65 bits per heavy atom. The number of amides is 1. The van der Waals surface area contributed by atoms with Crippen LogP contribution in [0, 0.1) is 19.3 Å². The summed E-state index contributed by atoms with van der Waals surface area (Å²) in [7, 11) is 0. The standard InChI is InChI=1S/C17H23N5O/c1-10-6-11(2)15(18-8-10)12-9-22(21-20-12)13-7-14(17(3,4)5)19-16(13)23/h6,8-9,13-14H,7H2,1-5H3,(H,19,23). The summed E-state index contributed by atoms with van der Waals surface area (Å²) in [5.74, 6) is 0.00922. The van der Waals surface area contributed by atoms with E-state index >= 15 is 0 Å². The fourth-order valence-electron chi connectivity index (χ4n) is 2.98. The summed E-state index contributed by atoms with van der Waals surface area (Å²) in [6.07, 6.45) is 4.37. The smallest absolute Gasteiger partial charge is 0.245 e. The van der Waals surface area contributed by atoms with Crippen molar-refractivity contribution < 1.29 is 4.79 Å². The molecule has 23 heavy (non-hydrogen) atoms. The molecule has 2 atom stereocenters. The molecule has 0 radical (unpaired) electrons. The third-order valence-corrected chi connectivity index (χ3v) is 4.41. The van der Waals surface area contributed by atoms with Gasteiger partial charge in [0.15, 0.2) is 0 Å². The topological polar surface area (TPSA) is 72.7 Å². The van der Waals surface area contributed by atoms with E-state index in [0.717, 1.165) is 23.2 Å². The molecule has 1 amide bonds. The van der Waals surface area contributed by atoms with Gasteiger partial charge >= 0.3 is 0 Å². The molecule has 6 nitrogen and oxygen atoms in total. The van der Waals surface area contributed by atoms with Crippen molar-refractivity contribution in [1.29, 1.82) is 0 Å². The maximum atomic E-state index is 12.3. The van der Waals surface area contributed by atoms with Crippen molar-refractivity contribution in [2.45, 2.75) is 53.1 Å². The second-order valence-corrected chi connectivity index (χ2v) is 7.44. The van der Waals surface area contributed by atoms with Crippen LogP contribution >= 0.6 is 0 Å². The molecule has 2 aromatic heterocycles. The lowest BCUT2D eigenvalue weighted by Crippen LogP contribution is -2.36. The number of nitrogens with one attached hydrogen (secondary N) is 1. The first-order chi connectivity index (χ1) is 10.8. The third kappa shape index (κ3) is 2.98. The Labute approximate surface area is 136 Å². The predicted octanol–water partition coefficient (Wildman–Crippen LogP) is 2.43. The van der Waals surface area contributed by atoms with Crippen molar-refractivity contribution in [3.8, 4) is 11.4 Å². The van der Waals surface area contributed by atoms with Crippen molar-refractivity contribution >= 4 is 5.91 Å². The predicted molar refractivity (Wildman–Crippen MR) is 87.8 cm³/mol. The van der Waals surface area contributed by atoms with E-state index in [9.17, 15) is 4.79 Å². The molecule has 0 aliphatic carbocycles. The number of hydrogen-bond acceptors (Lipinski definition) is 4. The van der Waals surface area contributed by atoms with Gasteiger partial charge in [0, 0.05) is 12.2 Å². The molecule has 1 saturated heterocycles. The van der Waals surface area contributed by atoms with E-state index in [-0.39, 0.29) is 23.4 Å². The lowest BCUT2D eigenvalue weighted by atomic mass is 9.85. The molecule has 3 rings (SSSR count). The molecule has 2 aromatic rings. The van der Waals surface area contributed by atoms with Gasteiger partial charge in [-0.1, -0.05) is 32.1 Å². The van der Waals surface area contributed by atoms with Gasteiger partial charge in [-0.3, -0.25) is 9.78 Å². The maximum Gasteiger partial charge on any atom is 0.245 e. The van der Waals surface area contributed by atoms with Crippen LogP contribution in [-0.4, -0.2) is 31.9 Å². The molecule has 3 heterocycles. The first kappa shape index (κ1) is 15.6. The molecule has 0 saturated carbocycles. The van der Waals surface area contributed by atoms with Crippen LogP contribution in [-0.2, 0) is 4.79 Å². The van der Waals surface area contributed by atoms with Gasteiger partial charge in [0.1, 0.15) is 11.7 Å². The summed E-state index contributed by atoms with van der Waals surface area (Å²) in [6, 6.07) is 1.91. The summed E-state index contributed by atoms with van der Waals surface area (Å²) in [4.78, 5) is 16.7. The highest BCUT2D eigenvalue weighted by molar-refractivity contribution is 5.83. The Hall–Kier alpha value is -2.24. The third-order valence-electron chi connectivity index (χ3n) is 4.41.